The molecule has 45 heavy (non-hydrogen) atoms. The van der Waals surface area contributed by atoms with E-state index in [0.29, 0.717) is 57.3 Å². The molecule has 3 aromatic rings. The Morgan fingerprint density at radius 1 is 1.11 bits per heavy atom. The van der Waals surface area contributed by atoms with Gasteiger partial charge in [-0.25, -0.2) is 9.97 Å². The quantitative estimate of drug-likeness (QED) is 0.310. The molecule has 2 aliphatic heterocycles. The van der Waals surface area contributed by atoms with Gasteiger partial charge in [0, 0.05) is 67.9 Å². The molecule has 1 aromatic heterocycles. The van der Waals surface area contributed by atoms with Crippen molar-refractivity contribution >= 4 is 29.1 Å². The van der Waals surface area contributed by atoms with Crippen LogP contribution in [0.4, 0.5) is 17.3 Å². The third-order valence-corrected chi connectivity index (χ3v) is 7.80. The van der Waals surface area contributed by atoms with Crippen LogP contribution in [0.15, 0.2) is 79.0 Å². The van der Waals surface area contributed by atoms with Crippen LogP contribution in [0.25, 0.3) is 11.3 Å². The second kappa shape index (κ2) is 15.5. The van der Waals surface area contributed by atoms with E-state index < -0.39 is 0 Å². The van der Waals surface area contributed by atoms with Crippen LogP contribution in [-0.4, -0.2) is 90.4 Å². The molecule has 0 aliphatic carbocycles. The first kappa shape index (κ1) is 31.9. The largest absolute Gasteiger partial charge is 0.493 e. The number of benzene rings is 2. The summed E-state index contributed by atoms with van der Waals surface area (Å²) in [4.78, 5) is 41.2. The molecular formula is C35H43N7O3. The highest BCUT2D eigenvalue weighted by atomic mass is 16.5. The number of ether oxygens (including phenoxy) is 1. The van der Waals surface area contributed by atoms with Crippen molar-refractivity contribution in [2.75, 3.05) is 64.6 Å². The molecule has 236 valence electrons. The second-order valence-electron chi connectivity index (χ2n) is 11.9. The average molecular weight is 610 g/mol. The predicted octanol–water partition coefficient (Wildman–Crippen LogP) is 4.95. The van der Waals surface area contributed by atoms with E-state index in [1.807, 2.05) is 72.4 Å². The zero-order chi connectivity index (χ0) is 31.6. The molecule has 6 bridgehead atoms. The maximum Gasteiger partial charge on any atom is 0.246 e. The van der Waals surface area contributed by atoms with Gasteiger partial charge in [-0.15, -0.1) is 0 Å². The number of aromatic nitrogens is 2. The minimum absolute atomic E-state index is 0.00239. The fraction of sp³-hybridized carbons (Fsp3) is 0.371. The lowest BCUT2D eigenvalue weighted by Gasteiger charge is -2.30. The normalized spacial score (nSPS) is 17.2. The molecular weight excluding hydrogens is 566 g/mol. The Morgan fingerprint density at radius 3 is 2.78 bits per heavy atom. The molecule has 2 N–H and O–H groups in total. The van der Waals surface area contributed by atoms with Crippen LogP contribution in [0.3, 0.4) is 0 Å². The van der Waals surface area contributed by atoms with Gasteiger partial charge in [-0.2, -0.15) is 0 Å². The van der Waals surface area contributed by atoms with E-state index in [1.165, 1.54) is 0 Å². The summed E-state index contributed by atoms with van der Waals surface area (Å²) in [6.45, 7) is 3.91. The van der Waals surface area contributed by atoms with Crippen molar-refractivity contribution in [3.63, 3.8) is 0 Å². The summed E-state index contributed by atoms with van der Waals surface area (Å²) in [7, 11) is 6.00. The van der Waals surface area contributed by atoms with Gasteiger partial charge in [0.25, 0.3) is 0 Å². The average Bonchev–Trinajstić information content (AvgIpc) is 3.02. The number of nitrogens with zero attached hydrogens (tertiary/aromatic N) is 5. The van der Waals surface area contributed by atoms with Crippen molar-refractivity contribution in [2.45, 2.75) is 25.8 Å². The number of likely N-dealkylation sites (N-methyl/N-ethyl adjacent to an activating group) is 2. The highest BCUT2D eigenvalue weighted by Gasteiger charge is 2.27. The Balaban J connectivity index is 1.32. The van der Waals surface area contributed by atoms with Crippen molar-refractivity contribution in [1.82, 2.24) is 24.7 Å². The zero-order valence-corrected chi connectivity index (χ0v) is 26.4. The Kier molecular flexibility index (Phi) is 10.9. The van der Waals surface area contributed by atoms with E-state index in [1.54, 1.807) is 12.3 Å². The number of hydrogen-bond donors (Lipinski definition) is 2. The minimum Gasteiger partial charge on any atom is -0.493 e. The van der Waals surface area contributed by atoms with Gasteiger partial charge in [-0.1, -0.05) is 30.4 Å². The van der Waals surface area contributed by atoms with Gasteiger partial charge in [-0.3, -0.25) is 14.5 Å². The molecule has 0 radical (unpaired) electrons. The fourth-order valence-corrected chi connectivity index (χ4v) is 5.45. The molecule has 0 spiro atoms. The lowest BCUT2D eigenvalue weighted by atomic mass is 9.95. The maximum absolute atomic E-state index is 13.4. The second-order valence-corrected chi connectivity index (χ2v) is 11.9. The molecule has 2 amide bonds. The first-order chi connectivity index (χ1) is 21.8. The van der Waals surface area contributed by atoms with E-state index in [4.69, 9.17) is 9.72 Å². The molecule has 3 heterocycles. The molecule has 2 aliphatic rings. The van der Waals surface area contributed by atoms with E-state index in [0.717, 1.165) is 41.2 Å². The van der Waals surface area contributed by atoms with Crippen molar-refractivity contribution in [2.24, 2.45) is 5.92 Å². The number of carbonyl (C=O) groups is 2. The monoisotopic (exact) mass is 609 g/mol. The van der Waals surface area contributed by atoms with Gasteiger partial charge in [0.1, 0.15) is 5.75 Å². The lowest BCUT2D eigenvalue weighted by Crippen LogP contribution is -2.40. The van der Waals surface area contributed by atoms with Gasteiger partial charge in [0.15, 0.2) is 0 Å². The van der Waals surface area contributed by atoms with Crippen LogP contribution in [0, 0.1) is 5.92 Å². The summed E-state index contributed by atoms with van der Waals surface area (Å²) in [5.74, 6) is 1.07. The Morgan fingerprint density at radius 2 is 1.96 bits per heavy atom. The Bertz CT molecular complexity index is 1530. The number of piperidine rings is 1. The lowest BCUT2D eigenvalue weighted by molar-refractivity contribution is -0.130. The Hall–Kier alpha value is -4.54. The highest BCUT2D eigenvalue weighted by Crippen LogP contribution is 2.27. The van der Waals surface area contributed by atoms with E-state index in [-0.39, 0.29) is 17.7 Å². The van der Waals surface area contributed by atoms with Crippen molar-refractivity contribution in [3.05, 3.63) is 84.6 Å². The van der Waals surface area contributed by atoms with Gasteiger partial charge < -0.3 is 25.2 Å². The van der Waals surface area contributed by atoms with Gasteiger partial charge in [0.05, 0.1) is 12.3 Å². The molecule has 0 atom stereocenters. The van der Waals surface area contributed by atoms with E-state index >= 15 is 0 Å². The first-order valence-corrected chi connectivity index (χ1v) is 15.5. The molecule has 2 aromatic carbocycles. The van der Waals surface area contributed by atoms with Crippen LogP contribution in [-0.2, 0) is 16.1 Å². The fourth-order valence-electron chi connectivity index (χ4n) is 5.45. The predicted molar refractivity (Wildman–Crippen MR) is 178 cm³/mol. The number of amides is 2. The molecule has 1 saturated heterocycles. The first-order valence-electron chi connectivity index (χ1n) is 15.5. The number of fused-ring (bicyclic) bond motifs is 7. The van der Waals surface area contributed by atoms with Crippen molar-refractivity contribution in [3.8, 4) is 17.0 Å². The number of nitrogens with one attached hydrogen (secondary N) is 2. The van der Waals surface area contributed by atoms with Crippen LogP contribution >= 0.6 is 0 Å². The topological polar surface area (TPSA) is 103 Å². The number of rotatable bonds is 5. The molecule has 5 rings (SSSR count). The SMILES string of the molecule is CN(C)C/C=C/C(=O)N1CCC(C(=O)Nc2cc3cc(c2)Nc2nccc(n2)-c2cccc(c2)OCC/C=C/CN(C)C3)CC1. The van der Waals surface area contributed by atoms with Crippen molar-refractivity contribution in [1.29, 1.82) is 0 Å². The minimum atomic E-state index is -0.161. The van der Waals surface area contributed by atoms with Crippen LogP contribution in [0.2, 0.25) is 0 Å². The van der Waals surface area contributed by atoms with E-state index in [2.05, 4.69) is 45.8 Å². The van der Waals surface area contributed by atoms with Gasteiger partial charge in [-0.05, 0) is 82.4 Å². The van der Waals surface area contributed by atoms with Crippen molar-refractivity contribution < 1.29 is 14.3 Å². The molecule has 0 unspecified atom stereocenters. The van der Waals surface area contributed by atoms with Gasteiger partial charge >= 0.3 is 0 Å². The third-order valence-electron chi connectivity index (χ3n) is 7.80. The molecule has 10 nitrogen and oxygen atoms in total. The summed E-state index contributed by atoms with van der Waals surface area (Å²) in [5, 5.41) is 6.51. The maximum atomic E-state index is 13.4. The zero-order valence-electron chi connectivity index (χ0n) is 26.4. The molecule has 10 heteroatoms. The summed E-state index contributed by atoms with van der Waals surface area (Å²) in [6.07, 6.45) is 11.6. The van der Waals surface area contributed by atoms with E-state index in [9.17, 15) is 9.59 Å². The number of hydrogen-bond acceptors (Lipinski definition) is 8. The number of anilines is 3. The third kappa shape index (κ3) is 9.47. The summed E-state index contributed by atoms with van der Waals surface area (Å²) in [6, 6.07) is 15.8. The molecule has 0 saturated carbocycles. The number of likely N-dealkylation sites (tertiary alicyclic amines) is 1. The Labute approximate surface area is 265 Å². The van der Waals surface area contributed by atoms with Crippen LogP contribution in [0.5, 0.6) is 5.75 Å². The van der Waals surface area contributed by atoms with Gasteiger partial charge in [0.2, 0.25) is 17.8 Å². The highest BCUT2D eigenvalue weighted by molar-refractivity contribution is 5.94. The summed E-state index contributed by atoms with van der Waals surface area (Å²) >= 11 is 0. The van der Waals surface area contributed by atoms with Crippen LogP contribution < -0.4 is 15.4 Å². The van der Waals surface area contributed by atoms with Crippen LogP contribution in [0.1, 0.15) is 24.8 Å². The standard InChI is InChI=1S/C35H43N7O3/c1-40(2)16-8-11-33(43)42-18-13-27(14-19-42)34(44)37-29-21-26-22-30(24-29)38-35-36-15-12-32(39-35)28-9-7-10-31(23-28)45-20-6-4-5-17-41(3)25-26/h4-5,7-12,15,21-24,27H,6,13-14,16-20,25H2,1-3H3,(H,37,44)(H,36,38,39)/b5-4+,11-8+. The number of carbonyl (C=O) groups excluding carboxylic acids is 2. The molecule has 1 fully saturated rings. The summed E-state index contributed by atoms with van der Waals surface area (Å²) in [5.41, 5.74) is 4.26. The summed E-state index contributed by atoms with van der Waals surface area (Å²) < 4.78 is 5.97. The smallest absolute Gasteiger partial charge is 0.246 e.